The van der Waals surface area contributed by atoms with Crippen molar-refractivity contribution >= 4 is 45.2 Å². The van der Waals surface area contributed by atoms with Crippen LogP contribution in [0, 0.1) is 0 Å². The monoisotopic (exact) mass is 388 g/mol. The largest absolute Gasteiger partial charge is 0.322 e. The fraction of sp³-hybridized carbons (Fsp3) is 0.136. The number of nitrogens with one attached hydrogen (secondary N) is 1. The number of para-hydroxylation sites is 2. The van der Waals surface area contributed by atoms with E-state index in [0.717, 1.165) is 32.9 Å². The molecule has 140 valence electrons. The molecule has 0 aliphatic heterocycles. The summed E-state index contributed by atoms with van der Waals surface area (Å²) < 4.78 is 2.00. The average Bonchev–Trinajstić information content (AvgIpc) is 3.06. The van der Waals surface area contributed by atoms with Gasteiger partial charge in [0.1, 0.15) is 0 Å². The van der Waals surface area contributed by atoms with Gasteiger partial charge in [-0.3, -0.25) is 4.79 Å². The molecule has 5 nitrogen and oxygen atoms in total. The van der Waals surface area contributed by atoms with Crippen LogP contribution in [0.3, 0.4) is 0 Å². The molecule has 1 amide bonds. The van der Waals surface area contributed by atoms with Gasteiger partial charge in [-0.2, -0.15) is 5.10 Å². The van der Waals surface area contributed by atoms with Gasteiger partial charge in [0.25, 0.3) is 5.91 Å². The number of fused-ring (bicyclic) bond motifs is 2. The molecule has 1 aromatic heterocycles. The van der Waals surface area contributed by atoms with Crippen LogP contribution in [0.4, 0.5) is 0 Å². The van der Waals surface area contributed by atoms with Crippen molar-refractivity contribution < 1.29 is 4.79 Å². The van der Waals surface area contributed by atoms with Gasteiger partial charge in [0.2, 0.25) is 0 Å². The SMILES string of the molecule is C/C(=N\NC(=O)CSc1nc2ccccc2n1C)c1ccc2ccccc2c1. The van der Waals surface area contributed by atoms with E-state index in [2.05, 4.69) is 39.8 Å². The highest BCUT2D eigenvalue weighted by Crippen LogP contribution is 2.22. The van der Waals surface area contributed by atoms with Crippen LogP contribution in [-0.4, -0.2) is 26.9 Å². The first kappa shape index (κ1) is 18.3. The second kappa shape index (κ2) is 7.86. The molecule has 0 aliphatic carbocycles. The number of carbonyl (C=O) groups excluding carboxylic acids is 1. The molecule has 0 saturated carbocycles. The molecule has 4 aromatic rings. The van der Waals surface area contributed by atoms with Crippen molar-refractivity contribution in [3.05, 3.63) is 72.3 Å². The summed E-state index contributed by atoms with van der Waals surface area (Å²) in [5.74, 6) is 0.100. The zero-order chi connectivity index (χ0) is 19.5. The standard InChI is InChI=1S/C22H20N4OS/c1-15(17-12-11-16-7-3-4-8-18(16)13-17)24-25-21(27)14-28-22-23-19-9-5-6-10-20(19)26(22)2/h3-13H,14H2,1-2H3,(H,25,27)/b24-15+. The molecule has 28 heavy (non-hydrogen) atoms. The van der Waals surface area contributed by atoms with Gasteiger partial charge in [-0.1, -0.05) is 60.3 Å². The molecule has 0 saturated heterocycles. The van der Waals surface area contributed by atoms with Crippen LogP contribution in [0.15, 0.2) is 77.0 Å². The van der Waals surface area contributed by atoms with Gasteiger partial charge in [0.15, 0.2) is 5.16 Å². The molecule has 0 bridgehead atoms. The van der Waals surface area contributed by atoms with Gasteiger partial charge in [-0.25, -0.2) is 10.4 Å². The highest BCUT2D eigenvalue weighted by Gasteiger charge is 2.10. The first-order chi connectivity index (χ1) is 13.6. The molecule has 3 aromatic carbocycles. The van der Waals surface area contributed by atoms with Crippen LogP contribution >= 0.6 is 11.8 Å². The Bertz CT molecular complexity index is 1200. The molecule has 0 atom stereocenters. The number of nitrogens with zero attached hydrogens (tertiary/aromatic N) is 3. The summed E-state index contributed by atoms with van der Waals surface area (Å²) in [6.45, 7) is 1.89. The minimum absolute atomic E-state index is 0.155. The van der Waals surface area contributed by atoms with Gasteiger partial charge in [0, 0.05) is 7.05 Å². The van der Waals surface area contributed by atoms with Crippen molar-refractivity contribution in [3.8, 4) is 0 Å². The van der Waals surface area contributed by atoms with E-state index in [1.54, 1.807) is 0 Å². The third-order valence-corrected chi connectivity index (χ3v) is 5.62. The average molecular weight is 388 g/mol. The van der Waals surface area contributed by atoms with Crippen LogP contribution in [0.25, 0.3) is 21.8 Å². The van der Waals surface area contributed by atoms with Gasteiger partial charge in [0.05, 0.1) is 22.5 Å². The number of amides is 1. The van der Waals surface area contributed by atoms with E-state index < -0.39 is 0 Å². The number of aromatic nitrogens is 2. The zero-order valence-corrected chi connectivity index (χ0v) is 16.5. The van der Waals surface area contributed by atoms with Crippen molar-refractivity contribution in [2.75, 3.05) is 5.75 Å². The Morgan fingerprint density at radius 3 is 2.64 bits per heavy atom. The Labute approximate surface area is 167 Å². The third-order valence-electron chi connectivity index (χ3n) is 4.59. The first-order valence-electron chi connectivity index (χ1n) is 8.98. The predicted octanol–water partition coefficient (Wildman–Crippen LogP) is 4.36. The summed E-state index contributed by atoms with van der Waals surface area (Å²) in [7, 11) is 1.96. The van der Waals surface area contributed by atoms with Crippen molar-refractivity contribution in [1.29, 1.82) is 0 Å². The smallest absolute Gasteiger partial charge is 0.250 e. The molecule has 6 heteroatoms. The van der Waals surface area contributed by atoms with E-state index in [9.17, 15) is 4.79 Å². The third kappa shape index (κ3) is 3.77. The fourth-order valence-corrected chi connectivity index (χ4v) is 3.82. The van der Waals surface area contributed by atoms with Gasteiger partial charge < -0.3 is 4.57 Å². The number of thioether (sulfide) groups is 1. The second-order valence-electron chi connectivity index (χ2n) is 6.52. The minimum Gasteiger partial charge on any atom is -0.322 e. The van der Waals surface area contributed by atoms with E-state index in [1.165, 1.54) is 17.1 Å². The van der Waals surface area contributed by atoms with Crippen LogP contribution < -0.4 is 5.43 Å². The van der Waals surface area contributed by atoms with Crippen molar-refractivity contribution in [2.45, 2.75) is 12.1 Å². The number of imidazole rings is 1. The van der Waals surface area contributed by atoms with Crippen LogP contribution in [-0.2, 0) is 11.8 Å². The second-order valence-corrected chi connectivity index (χ2v) is 7.47. The van der Waals surface area contributed by atoms with Gasteiger partial charge in [-0.05, 0) is 41.5 Å². The predicted molar refractivity (Wildman–Crippen MR) is 116 cm³/mol. The molecule has 0 fully saturated rings. The zero-order valence-electron chi connectivity index (χ0n) is 15.7. The van der Waals surface area contributed by atoms with E-state index in [-0.39, 0.29) is 11.7 Å². The number of hydrogen-bond acceptors (Lipinski definition) is 4. The minimum atomic E-state index is -0.155. The number of hydrazone groups is 1. The molecular formula is C22H20N4OS. The molecule has 4 rings (SSSR count). The number of hydrogen-bond donors (Lipinski definition) is 1. The molecule has 0 radical (unpaired) electrons. The number of rotatable bonds is 5. The molecule has 0 aliphatic rings. The summed E-state index contributed by atoms with van der Waals surface area (Å²) in [6, 6.07) is 22.3. The summed E-state index contributed by atoms with van der Waals surface area (Å²) >= 11 is 1.40. The van der Waals surface area contributed by atoms with Crippen LogP contribution in [0.1, 0.15) is 12.5 Å². The van der Waals surface area contributed by atoms with E-state index in [0.29, 0.717) is 0 Å². The molecular weight excluding hydrogens is 368 g/mol. The molecule has 1 heterocycles. The van der Waals surface area contributed by atoms with Crippen molar-refractivity contribution in [3.63, 3.8) is 0 Å². The van der Waals surface area contributed by atoms with Gasteiger partial charge in [-0.15, -0.1) is 0 Å². The van der Waals surface area contributed by atoms with Crippen LogP contribution in [0.5, 0.6) is 0 Å². The Hall–Kier alpha value is -3.12. The highest BCUT2D eigenvalue weighted by molar-refractivity contribution is 7.99. The van der Waals surface area contributed by atoms with Crippen LogP contribution in [0.2, 0.25) is 0 Å². The normalized spacial score (nSPS) is 11.9. The van der Waals surface area contributed by atoms with E-state index in [1.807, 2.05) is 61.0 Å². The lowest BCUT2D eigenvalue weighted by Gasteiger charge is -2.05. The molecule has 1 N–H and O–H groups in total. The lowest BCUT2D eigenvalue weighted by Crippen LogP contribution is -2.21. The summed E-state index contributed by atoms with van der Waals surface area (Å²) in [5.41, 5.74) is 6.38. The molecule has 0 unspecified atom stereocenters. The number of benzene rings is 3. The Kier molecular flexibility index (Phi) is 5.12. The lowest BCUT2D eigenvalue weighted by atomic mass is 10.0. The topological polar surface area (TPSA) is 59.3 Å². The Balaban J connectivity index is 1.40. The number of carbonyl (C=O) groups is 1. The summed E-state index contributed by atoms with van der Waals surface area (Å²) in [6.07, 6.45) is 0. The quantitative estimate of drug-likeness (QED) is 0.314. The van der Waals surface area contributed by atoms with Crippen molar-refractivity contribution in [2.24, 2.45) is 12.1 Å². The first-order valence-corrected chi connectivity index (χ1v) is 9.97. The maximum absolute atomic E-state index is 12.2. The lowest BCUT2D eigenvalue weighted by molar-refractivity contribution is -0.118. The summed E-state index contributed by atoms with van der Waals surface area (Å²) in [4.78, 5) is 16.8. The summed E-state index contributed by atoms with van der Waals surface area (Å²) in [5, 5.41) is 7.40. The fourth-order valence-electron chi connectivity index (χ4n) is 3.04. The highest BCUT2D eigenvalue weighted by atomic mass is 32.2. The van der Waals surface area contributed by atoms with E-state index >= 15 is 0 Å². The van der Waals surface area contributed by atoms with E-state index in [4.69, 9.17) is 0 Å². The maximum Gasteiger partial charge on any atom is 0.250 e. The number of aryl methyl sites for hydroxylation is 1. The van der Waals surface area contributed by atoms with Crippen molar-refractivity contribution in [1.82, 2.24) is 15.0 Å². The van der Waals surface area contributed by atoms with Gasteiger partial charge >= 0.3 is 0 Å². The Morgan fingerprint density at radius 2 is 1.82 bits per heavy atom. The Morgan fingerprint density at radius 1 is 1.07 bits per heavy atom. The molecule has 0 spiro atoms. The maximum atomic E-state index is 12.2.